The highest BCUT2D eigenvalue weighted by atomic mass is 16.3. The largest absolute Gasteiger partial charge is 0.388 e. The van der Waals surface area contributed by atoms with Crippen molar-refractivity contribution in [1.29, 1.82) is 0 Å². The molecule has 1 saturated heterocycles. The van der Waals surface area contributed by atoms with E-state index >= 15 is 0 Å². The second kappa shape index (κ2) is 2.46. The molecule has 2 heteroatoms. The zero-order chi connectivity index (χ0) is 7.90. The van der Waals surface area contributed by atoms with Crippen molar-refractivity contribution in [3.8, 4) is 0 Å². The quantitative estimate of drug-likeness (QED) is 0.589. The van der Waals surface area contributed by atoms with Gasteiger partial charge in [-0.25, -0.2) is 0 Å². The molecule has 2 rings (SSSR count). The number of hydrogen-bond donors (Lipinski definition) is 2. The molecule has 2 fully saturated rings. The van der Waals surface area contributed by atoms with Crippen LogP contribution in [-0.4, -0.2) is 23.3 Å². The summed E-state index contributed by atoms with van der Waals surface area (Å²) >= 11 is 0. The molecule has 2 nitrogen and oxygen atoms in total. The van der Waals surface area contributed by atoms with Crippen LogP contribution < -0.4 is 5.32 Å². The van der Waals surface area contributed by atoms with Gasteiger partial charge in [-0.05, 0) is 38.1 Å². The molecule has 0 radical (unpaired) electrons. The summed E-state index contributed by atoms with van der Waals surface area (Å²) in [4.78, 5) is 0. The van der Waals surface area contributed by atoms with E-state index in [4.69, 9.17) is 0 Å². The Labute approximate surface area is 68.0 Å². The van der Waals surface area contributed by atoms with Crippen LogP contribution in [0, 0.1) is 5.92 Å². The molecular formula is C9H17NO. The lowest BCUT2D eigenvalue weighted by Gasteiger charge is -2.28. The molecule has 0 aromatic heterocycles. The van der Waals surface area contributed by atoms with Gasteiger partial charge in [0.05, 0.1) is 5.60 Å². The summed E-state index contributed by atoms with van der Waals surface area (Å²) in [5, 5.41) is 13.5. The van der Waals surface area contributed by atoms with Crippen molar-refractivity contribution in [1.82, 2.24) is 5.32 Å². The van der Waals surface area contributed by atoms with E-state index in [2.05, 4.69) is 12.2 Å². The van der Waals surface area contributed by atoms with Crippen molar-refractivity contribution in [2.75, 3.05) is 6.54 Å². The van der Waals surface area contributed by atoms with Crippen molar-refractivity contribution in [3.05, 3.63) is 0 Å². The van der Waals surface area contributed by atoms with Gasteiger partial charge in [-0.15, -0.1) is 0 Å². The standard InChI is InChI=1S/C9H17NO/c1-2-9(11)5-3-7-4-6-10-8(7)9/h7-8,10-11H,2-6H2,1H3/t7-,8+,9-/m1/s1. The minimum atomic E-state index is -0.374. The first-order valence-electron chi connectivity index (χ1n) is 4.72. The minimum absolute atomic E-state index is 0.374. The summed E-state index contributed by atoms with van der Waals surface area (Å²) in [6.45, 7) is 3.19. The van der Waals surface area contributed by atoms with Gasteiger partial charge in [-0.1, -0.05) is 6.92 Å². The molecule has 0 aromatic rings. The number of aliphatic hydroxyl groups is 1. The van der Waals surface area contributed by atoms with E-state index in [0.29, 0.717) is 6.04 Å². The molecule has 1 aliphatic heterocycles. The molecular weight excluding hydrogens is 138 g/mol. The smallest absolute Gasteiger partial charge is 0.0800 e. The maximum Gasteiger partial charge on any atom is 0.0800 e. The Morgan fingerprint density at radius 3 is 3.09 bits per heavy atom. The van der Waals surface area contributed by atoms with Crippen molar-refractivity contribution in [2.45, 2.75) is 44.2 Å². The van der Waals surface area contributed by atoms with Gasteiger partial charge in [-0.3, -0.25) is 0 Å². The third kappa shape index (κ3) is 1.00. The molecule has 64 valence electrons. The molecule has 3 atom stereocenters. The van der Waals surface area contributed by atoms with Crippen LogP contribution >= 0.6 is 0 Å². The highest BCUT2D eigenvalue weighted by molar-refractivity contribution is 5.04. The number of fused-ring (bicyclic) bond motifs is 1. The molecule has 1 saturated carbocycles. The van der Waals surface area contributed by atoms with Gasteiger partial charge in [0.1, 0.15) is 0 Å². The fourth-order valence-corrected chi connectivity index (χ4v) is 2.68. The Bertz CT molecular complexity index is 160. The molecule has 2 N–H and O–H groups in total. The molecule has 1 heterocycles. The van der Waals surface area contributed by atoms with Gasteiger partial charge in [-0.2, -0.15) is 0 Å². The lowest BCUT2D eigenvalue weighted by atomic mass is 9.92. The third-order valence-electron chi connectivity index (χ3n) is 3.49. The maximum absolute atomic E-state index is 10.1. The van der Waals surface area contributed by atoms with E-state index in [1.54, 1.807) is 0 Å². The average molecular weight is 155 g/mol. The second-order valence-electron chi connectivity index (χ2n) is 3.98. The van der Waals surface area contributed by atoms with Crippen LogP contribution in [0.15, 0.2) is 0 Å². The third-order valence-corrected chi connectivity index (χ3v) is 3.49. The molecule has 0 aromatic carbocycles. The van der Waals surface area contributed by atoms with E-state index in [1.807, 2.05) is 0 Å². The predicted octanol–water partition coefficient (Wildman–Crippen LogP) is 0.899. The van der Waals surface area contributed by atoms with Crippen LogP contribution in [-0.2, 0) is 0 Å². The highest BCUT2D eigenvalue weighted by Crippen LogP contribution is 2.41. The van der Waals surface area contributed by atoms with Crippen molar-refractivity contribution in [2.24, 2.45) is 5.92 Å². The van der Waals surface area contributed by atoms with Crippen LogP contribution in [0.1, 0.15) is 32.6 Å². The molecule has 11 heavy (non-hydrogen) atoms. The molecule has 0 unspecified atom stereocenters. The zero-order valence-electron chi connectivity index (χ0n) is 7.14. The normalized spacial score (nSPS) is 49.6. The van der Waals surface area contributed by atoms with Crippen LogP contribution in [0.4, 0.5) is 0 Å². The monoisotopic (exact) mass is 155 g/mol. The van der Waals surface area contributed by atoms with E-state index in [1.165, 1.54) is 12.8 Å². The van der Waals surface area contributed by atoms with Crippen molar-refractivity contribution in [3.63, 3.8) is 0 Å². The average Bonchev–Trinajstić information content (AvgIpc) is 2.55. The van der Waals surface area contributed by atoms with Crippen LogP contribution in [0.25, 0.3) is 0 Å². The zero-order valence-corrected chi connectivity index (χ0v) is 7.14. The maximum atomic E-state index is 10.1. The van der Waals surface area contributed by atoms with Crippen LogP contribution in [0.2, 0.25) is 0 Å². The second-order valence-corrected chi connectivity index (χ2v) is 3.98. The Balaban J connectivity index is 2.14. The summed E-state index contributed by atoms with van der Waals surface area (Å²) in [6, 6.07) is 0.410. The summed E-state index contributed by atoms with van der Waals surface area (Å²) in [7, 11) is 0. The molecule has 0 amide bonds. The fraction of sp³-hybridized carbons (Fsp3) is 1.00. The lowest BCUT2D eigenvalue weighted by molar-refractivity contribution is 0.0174. The lowest BCUT2D eigenvalue weighted by Crippen LogP contribution is -2.45. The predicted molar refractivity (Wildman–Crippen MR) is 44.4 cm³/mol. The van der Waals surface area contributed by atoms with Crippen molar-refractivity contribution < 1.29 is 5.11 Å². The van der Waals surface area contributed by atoms with E-state index < -0.39 is 0 Å². The van der Waals surface area contributed by atoms with Gasteiger partial charge in [0.15, 0.2) is 0 Å². The van der Waals surface area contributed by atoms with Gasteiger partial charge >= 0.3 is 0 Å². The minimum Gasteiger partial charge on any atom is -0.388 e. The Morgan fingerprint density at radius 2 is 2.36 bits per heavy atom. The summed E-state index contributed by atoms with van der Waals surface area (Å²) < 4.78 is 0. The first-order valence-corrected chi connectivity index (χ1v) is 4.72. The van der Waals surface area contributed by atoms with Gasteiger partial charge in [0.2, 0.25) is 0 Å². The topological polar surface area (TPSA) is 32.3 Å². The van der Waals surface area contributed by atoms with Gasteiger partial charge in [0, 0.05) is 6.04 Å². The summed E-state index contributed by atoms with van der Waals surface area (Å²) in [5.41, 5.74) is -0.374. The van der Waals surface area contributed by atoms with E-state index in [-0.39, 0.29) is 5.60 Å². The van der Waals surface area contributed by atoms with Gasteiger partial charge < -0.3 is 10.4 Å². The molecule has 2 aliphatic rings. The molecule has 1 aliphatic carbocycles. The Hall–Kier alpha value is -0.0800. The van der Waals surface area contributed by atoms with Gasteiger partial charge in [0.25, 0.3) is 0 Å². The fourth-order valence-electron chi connectivity index (χ4n) is 2.68. The number of nitrogens with one attached hydrogen (secondary N) is 1. The van der Waals surface area contributed by atoms with Crippen LogP contribution in [0.5, 0.6) is 0 Å². The SMILES string of the molecule is CC[C@@]1(O)CC[C@@H]2CCN[C@@H]21. The number of rotatable bonds is 1. The molecule has 0 spiro atoms. The van der Waals surface area contributed by atoms with E-state index in [0.717, 1.165) is 25.3 Å². The summed E-state index contributed by atoms with van der Waals surface area (Å²) in [5.74, 6) is 0.764. The van der Waals surface area contributed by atoms with Crippen LogP contribution in [0.3, 0.4) is 0 Å². The first-order chi connectivity index (χ1) is 5.26. The van der Waals surface area contributed by atoms with Crippen molar-refractivity contribution >= 4 is 0 Å². The summed E-state index contributed by atoms with van der Waals surface area (Å²) in [6.07, 6.45) is 4.40. The Kier molecular flexibility index (Phi) is 1.69. The number of hydrogen-bond acceptors (Lipinski definition) is 2. The molecule has 0 bridgehead atoms. The first kappa shape index (κ1) is 7.56. The highest BCUT2D eigenvalue weighted by Gasteiger charge is 2.47. The van der Waals surface area contributed by atoms with E-state index in [9.17, 15) is 5.11 Å². The Morgan fingerprint density at radius 1 is 1.55 bits per heavy atom.